The Labute approximate surface area is 133 Å². The van der Waals surface area contributed by atoms with Crippen molar-refractivity contribution in [2.75, 3.05) is 13.2 Å². The normalized spacial score (nSPS) is 11.6. The average molecular weight is 304 g/mol. The molecule has 0 aliphatic carbocycles. The first kappa shape index (κ1) is 25.4. The number of hydrogen-bond acceptors (Lipinski definition) is 2. The van der Waals surface area contributed by atoms with E-state index in [0.717, 1.165) is 6.54 Å². The summed E-state index contributed by atoms with van der Waals surface area (Å²) in [6, 6.07) is 0. The maximum Gasteiger partial charge on any atom is 0.216 e. The van der Waals surface area contributed by atoms with Gasteiger partial charge in [-0.2, -0.15) is 0 Å². The van der Waals surface area contributed by atoms with Crippen molar-refractivity contribution >= 4 is 5.91 Å². The molecule has 0 unspecified atom stereocenters. The SMILES string of the molecule is CC(=O)NCC(C)(C)C.CC(C)(C)CO.CCC(C)(C)C. The number of rotatable bonds is 1. The molecule has 1 amide bonds. The molecule has 0 aromatic heterocycles. The van der Waals surface area contributed by atoms with Crippen molar-refractivity contribution in [2.45, 2.75) is 82.6 Å². The molecule has 2 N–H and O–H groups in total. The molecule has 0 spiro atoms. The summed E-state index contributed by atoms with van der Waals surface area (Å²) >= 11 is 0. The number of amides is 1. The molecule has 0 aliphatic rings. The summed E-state index contributed by atoms with van der Waals surface area (Å²) in [6.45, 7) is 23.7. The van der Waals surface area contributed by atoms with Gasteiger partial charge in [-0.3, -0.25) is 4.79 Å². The lowest BCUT2D eigenvalue weighted by Gasteiger charge is -2.17. The van der Waals surface area contributed by atoms with Crippen LogP contribution in [0.15, 0.2) is 0 Å². The first-order valence-corrected chi connectivity index (χ1v) is 7.89. The van der Waals surface area contributed by atoms with Gasteiger partial charge < -0.3 is 10.4 Å². The Hall–Kier alpha value is -0.570. The molecule has 0 rings (SSSR count). The fourth-order valence-corrected chi connectivity index (χ4v) is 0.390. The molecule has 0 aromatic rings. The van der Waals surface area contributed by atoms with Crippen LogP contribution in [0.25, 0.3) is 0 Å². The molecule has 0 saturated carbocycles. The van der Waals surface area contributed by atoms with Crippen LogP contribution < -0.4 is 5.32 Å². The highest BCUT2D eigenvalue weighted by molar-refractivity contribution is 5.72. The Morgan fingerprint density at radius 3 is 1.19 bits per heavy atom. The zero-order valence-electron chi connectivity index (χ0n) is 16.5. The van der Waals surface area contributed by atoms with E-state index >= 15 is 0 Å². The quantitative estimate of drug-likeness (QED) is 0.741. The van der Waals surface area contributed by atoms with E-state index in [4.69, 9.17) is 5.11 Å². The lowest BCUT2D eigenvalue weighted by molar-refractivity contribution is -0.119. The molecule has 0 aliphatic heterocycles. The van der Waals surface area contributed by atoms with Gasteiger partial charge in [0, 0.05) is 20.1 Å². The zero-order valence-corrected chi connectivity index (χ0v) is 16.5. The minimum Gasteiger partial charge on any atom is -0.396 e. The second-order valence-electron chi connectivity index (χ2n) is 9.10. The summed E-state index contributed by atoms with van der Waals surface area (Å²) < 4.78 is 0. The van der Waals surface area contributed by atoms with Gasteiger partial charge in [0.25, 0.3) is 0 Å². The third-order valence-corrected chi connectivity index (χ3v) is 2.40. The minimum atomic E-state index is 0.0462. The molecule has 3 heteroatoms. The summed E-state index contributed by atoms with van der Waals surface area (Å²) in [5, 5.41) is 11.1. The maximum absolute atomic E-state index is 10.4. The monoisotopic (exact) mass is 303 g/mol. The minimum absolute atomic E-state index is 0.0462. The van der Waals surface area contributed by atoms with E-state index in [-0.39, 0.29) is 23.3 Å². The van der Waals surface area contributed by atoms with Gasteiger partial charge in [-0.15, -0.1) is 0 Å². The molecular formula is C18H41NO2. The Balaban J connectivity index is -0.000000240. The van der Waals surface area contributed by atoms with E-state index in [1.54, 1.807) is 0 Å². The Kier molecular flexibility index (Phi) is 13.4. The van der Waals surface area contributed by atoms with Crippen LogP contribution in [0, 0.1) is 16.2 Å². The predicted molar refractivity (Wildman–Crippen MR) is 94.4 cm³/mol. The van der Waals surface area contributed by atoms with Gasteiger partial charge in [-0.25, -0.2) is 0 Å². The number of aliphatic hydroxyl groups is 1. The van der Waals surface area contributed by atoms with Crippen molar-refractivity contribution in [1.82, 2.24) is 5.32 Å². The first-order valence-electron chi connectivity index (χ1n) is 7.89. The Bertz CT molecular complexity index is 238. The number of nitrogens with one attached hydrogen (secondary N) is 1. The van der Waals surface area contributed by atoms with Gasteiger partial charge in [-0.1, -0.05) is 75.7 Å². The van der Waals surface area contributed by atoms with Crippen molar-refractivity contribution < 1.29 is 9.90 Å². The Morgan fingerprint density at radius 1 is 0.857 bits per heavy atom. The smallest absolute Gasteiger partial charge is 0.216 e. The molecule has 3 nitrogen and oxygen atoms in total. The average Bonchev–Trinajstić information content (AvgIpc) is 2.25. The number of aliphatic hydroxyl groups excluding tert-OH is 1. The molecular weight excluding hydrogens is 262 g/mol. The van der Waals surface area contributed by atoms with Crippen molar-refractivity contribution in [1.29, 1.82) is 0 Å². The summed E-state index contributed by atoms with van der Waals surface area (Å²) in [7, 11) is 0. The molecule has 0 radical (unpaired) electrons. The highest BCUT2D eigenvalue weighted by atomic mass is 16.3. The fraction of sp³-hybridized carbons (Fsp3) is 0.944. The summed E-state index contributed by atoms with van der Waals surface area (Å²) in [6.07, 6.45) is 1.27. The van der Waals surface area contributed by atoms with Crippen molar-refractivity contribution in [3.63, 3.8) is 0 Å². The topological polar surface area (TPSA) is 49.3 Å². The largest absolute Gasteiger partial charge is 0.396 e. The standard InChI is InChI=1S/C7H15NO.C6H14.C5H12O/c1-6(9)8-5-7(2,3)4;1-5-6(2,3)4;1-5(2,3)4-6/h5H2,1-4H3,(H,8,9);5H2,1-4H3;6H,4H2,1-3H3. The van der Waals surface area contributed by atoms with Crippen LogP contribution in [0.2, 0.25) is 0 Å². The summed E-state index contributed by atoms with van der Waals surface area (Å²) in [4.78, 5) is 10.4. The maximum atomic E-state index is 10.4. The molecule has 0 heterocycles. The van der Waals surface area contributed by atoms with Crippen molar-refractivity contribution in [3.05, 3.63) is 0 Å². The van der Waals surface area contributed by atoms with Crippen LogP contribution in [0.1, 0.15) is 82.6 Å². The van der Waals surface area contributed by atoms with Gasteiger partial charge in [0.05, 0.1) is 0 Å². The van der Waals surface area contributed by atoms with E-state index in [1.165, 1.54) is 13.3 Å². The fourth-order valence-electron chi connectivity index (χ4n) is 0.390. The van der Waals surface area contributed by atoms with E-state index in [0.29, 0.717) is 5.41 Å². The third-order valence-electron chi connectivity index (χ3n) is 2.40. The first-order chi connectivity index (χ1) is 9.04. The van der Waals surface area contributed by atoms with Crippen LogP contribution in [0.3, 0.4) is 0 Å². The van der Waals surface area contributed by atoms with E-state index in [9.17, 15) is 4.79 Å². The summed E-state index contributed by atoms with van der Waals surface area (Å²) in [5.74, 6) is 0.0462. The van der Waals surface area contributed by atoms with Crippen molar-refractivity contribution in [3.8, 4) is 0 Å². The van der Waals surface area contributed by atoms with E-state index in [2.05, 4.69) is 53.8 Å². The van der Waals surface area contributed by atoms with Gasteiger partial charge in [-0.05, 0) is 16.2 Å². The number of hydrogen-bond donors (Lipinski definition) is 2. The van der Waals surface area contributed by atoms with Gasteiger partial charge in [0.1, 0.15) is 0 Å². The lowest BCUT2D eigenvalue weighted by Crippen LogP contribution is -2.30. The second-order valence-corrected chi connectivity index (χ2v) is 9.10. The number of carbonyl (C=O) groups excluding carboxylic acids is 1. The number of carbonyl (C=O) groups is 1. The predicted octanol–water partition coefficient (Wildman–Crippen LogP) is 4.64. The summed E-state index contributed by atoms with van der Waals surface area (Å²) in [5.41, 5.74) is 0.839. The van der Waals surface area contributed by atoms with Crippen LogP contribution in [0.4, 0.5) is 0 Å². The van der Waals surface area contributed by atoms with Gasteiger partial charge in [0.2, 0.25) is 5.91 Å². The zero-order chi connectivity index (χ0) is 17.9. The van der Waals surface area contributed by atoms with Crippen molar-refractivity contribution in [2.24, 2.45) is 16.2 Å². The van der Waals surface area contributed by atoms with E-state index < -0.39 is 0 Å². The molecule has 0 aromatic carbocycles. The second kappa shape index (κ2) is 11.1. The lowest BCUT2D eigenvalue weighted by atomic mass is 9.94. The van der Waals surface area contributed by atoms with E-state index in [1.807, 2.05) is 20.8 Å². The van der Waals surface area contributed by atoms with Gasteiger partial charge in [0.15, 0.2) is 0 Å². The van der Waals surface area contributed by atoms with Crippen LogP contribution >= 0.6 is 0 Å². The third kappa shape index (κ3) is 45.2. The highest BCUT2D eigenvalue weighted by Gasteiger charge is 2.09. The highest BCUT2D eigenvalue weighted by Crippen LogP contribution is 2.16. The molecule has 130 valence electrons. The molecule has 21 heavy (non-hydrogen) atoms. The van der Waals surface area contributed by atoms with Crippen LogP contribution in [0.5, 0.6) is 0 Å². The molecule has 0 atom stereocenters. The van der Waals surface area contributed by atoms with Gasteiger partial charge >= 0.3 is 0 Å². The Morgan fingerprint density at radius 2 is 1.14 bits per heavy atom. The van der Waals surface area contributed by atoms with Crippen LogP contribution in [-0.2, 0) is 4.79 Å². The molecule has 0 saturated heterocycles. The van der Waals surface area contributed by atoms with Crippen LogP contribution in [-0.4, -0.2) is 24.2 Å². The molecule has 0 bridgehead atoms. The molecule has 0 fully saturated rings.